The summed E-state index contributed by atoms with van der Waals surface area (Å²) in [6, 6.07) is 3.75. The SMILES string of the molecule is CCCNC(=O)[C@H]1[C@H]2C(=O)N([C@@H](CO)C(C)C)C(C(=O)Nc3c(C)cccc3Cl)C23CC[C@]1(C)O3. The highest BCUT2D eigenvalue weighted by Crippen LogP contribution is 2.63. The summed E-state index contributed by atoms with van der Waals surface area (Å²) < 4.78 is 6.59. The second-order valence-corrected chi connectivity index (χ2v) is 11.1. The zero-order chi connectivity index (χ0) is 25.7. The molecule has 3 aliphatic heterocycles. The number of nitrogens with one attached hydrogen (secondary N) is 2. The van der Waals surface area contributed by atoms with E-state index in [-0.39, 0.29) is 24.3 Å². The van der Waals surface area contributed by atoms with Crippen LogP contribution in [0.1, 0.15) is 52.5 Å². The molecule has 3 aliphatic rings. The zero-order valence-electron chi connectivity index (χ0n) is 21.1. The van der Waals surface area contributed by atoms with Gasteiger partial charge in [0.2, 0.25) is 17.7 Å². The van der Waals surface area contributed by atoms with Gasteiger partial charge in [0.05, 0.1) is 40.8 Å². The van der Waals surface area contributed by atoms with Gasteiger partial charge in [0, 0.05) is 6.54 Å². The van der Waals surface area contributed by atoms with Gasteiger partial charge in [0.25, 0.3) is 0 Å². The molecule has 3 amide bonds. The van der Waals surface area contributed by atoms with Crippen LogP contribution in [-0.4, -0.2) is 64.2 Å². The number of likely N-dealkylation sites (tertiary alicyclic amines) is 1. The Morgan fingerprint density at radius 1 is 1.29 bits per heavy atom. The van der Waals surface area contributed by atoms with E-state index in [2.05, 4.69) is 10.6 Å². The Balaban J connectivity index is 1.79. The van der Waals surface area contributed by atoms with Crippen LogP contribution in [0.2, 0.25) is 5.02 Å². The van der Waals surface area contributed by atoms with Crippen LogP contribution in [-0.2, 0) is 19.1 Å². The summed E-state index contributed by atoms with van der Waals surface area (Å²) in [5.74, 6) is -2.57. The lowest BCUT2D eigenvalue weighted by Crippen LogP contribution is -2.57. The number of nitrogens with zero attached hydrogens (tertiary/aromatic N) is 1. The van der Waals surface area contributed by atoms with Gasteiger partial charge in [-0.15, -0.1) is 0 Å². The molecule has 0 saturated carbocycles. The van der Waals surface area contributed by atoms with Crippen molar-refractivity contribution in [2.75, 3.05) is 18.5 Å². The van der Waals surface area contributed by atoms with Crippen LogP contribution in [0.4, 0.5) is 5.69 Å². The van der Waals surface area contributed by atoms with Gasteiger partial charge in [0.15, 0.2) is 0 Å². The van der Waals surface area contributed by atoms with E-state index in [1.165, 1.54) is 4.90 Å². The van der Waals surface area contributed by atoms with Crippen molar-refractivity contribution in [2.45, 2.75) is 77.2 Å². The van der Waals surface area contributed by atoms with Crippen molar-refractivity contribution in [3.05, 3.63) is 28.8 Å². The van der Waals surface area contributed by atoms with Gasteiger partial charge in [0.1, 0.15) is 11.6 Å². The molecule has 3 fully saturated rings. The first-order valence-corrected chi connectivity index (χ1v) is 12.9. The number of carbonyl (C=O) groups excluding carboxylic acids is 3. The van der Waals surface area contributed by atoms with E-state index in [4.69, 9.17) is 16.3 Å². The molecule has 8 nitrogen and oxygen atoms in total. The van der Waals surface area contributed by atoms with E-state index >= 15 is 0 Å². The smallest absolute Gasteiger partial charge is 0.250 e. The molecule has 1 spiro atoms. The molecule has 6 atom stereocenters. The fourth-order valence-corrected chi connectivity index (χ4v) is 6.65. The van der Waals surface area contributed by atoms with Crippen molar-refractivity contribution < 1.29 is 24.2 Å². The number of fused-ring (bicyclic) bond motifs is 1. The Labute approximate surface area is 211 Å². The molecule has 0 aromatic heterocycles. The number of carbonyl (C=O) groups is 3. The molecule has 1 aromatic carbocycles. The van der Waals surface area contributed by atoms with Crippen molar-refractivity contribution in [1.29, 1.82) is 0 Å². The molecular formula is C26H36ClN3O5. The van der Waals surface area contributed by atoms with Crippen LogP contribution in [0.25, 0.3) is 0 Å². The number of para-hydroxylation sites is 1. The predicted octanol–water partition coefficient (Wildman–Crippen LogP) is 2.89. The number of anilines is 1. The summed E-state index contributed by atoms with van der Waals surface area (Å²) in [6.45, 7) is 9.69. The molecule has 1 aromatic rings. The Bertz CT molecular complexity index is 1010. The molecule has 192 valence electrons. The molecule has 3 N–H and O–H groups in total. The highest BCUT2D eigenvalue weighted by Gasteiger charge is 2.78. The summed E-state index contributed by atoms with van der Waals surface area (Å²) in [7, 11) is 0. The lowest BCUT2D eigenvalue weighted by Gasteiger charge is -2.38. The van der Waals surface area contributed by atoms with E-state index in [9.17, 15) is 19.5 Å². The first-order valence-electron chi connectivity index (χ1n) is 12.5. The van der Waals surface area contributed by atoms with E-state index < -0.39 is 41.0 Å². The minimum atomic E-state index is -1.15. The van der Waals surface area contributed by atoms with Gasteiger partial charge in [-0.05, 0) is 50.7 Å². The minimum Gasteiger partial charge on any atom is -0.394 e. The maximum atomic E-state index is 14.1. The fourth-order valence-electron chi connectivity index (χ4n) is 6.38. The average Bonchev–Trinajstić information content (AvgIpc) is 3.36. The average molecular weight is 506 g/mol. The van der Waals surface area contributed by atoms with Crippen LogP contribution < -0.4 is 10.6 Å². The number of halogens is 1. The monoisotopic (exact) mass is 505 g/mol. The molecule has 9 heteroatoms. The van der Waals surface area contributed by atoms with Gasteiger partial charge in [-0.2, -0.15) is 0 Å². The third kappa shape index (κ3) is 3.94. The van der Waals surface area contributed by atoms with E-state index in [1.54, 1.807) is 12.1 Å². The quantitative estimate of drug-likeness (QED) is 0.503. The van der Waals surface area contributed by atoms with Crippen LogP contribution >= 0.6 is 11.6 Å². The van der Waals surface area contributed by atoms with E-state index in [0.29, 0.717) is 30.1 Å². The number of rotatable bonds is 8. The Kier molecular flexibility index (Phi) is 6.94. The summed E-state index contributed by atoms with van der Waals surface area (Å²) in [5.41, 5.74) is -0.719. The van der Waals surface area contributed by atoms with Gasteiger partial charge < -0.3 is 25.4 Å². The van der Waals surface area contributed by atoms with Crippen molar-refractivity contribution in [3.63, 3.8) is 0 Å². The van der Waals surface area contributed by atoms with Crippen LogP contribution in [0.15, 0.2) is 18.2 Å². The maximum Gasteiger partial charge on any atom is 0.250 e. The largest absolute Gasteiger partial charge is 0.394 e. The third-order valence-electron chi connectivity index (χ3n) is 8.08. The van der Waals surface area contributed by atoms with Crippen molar-refractivity contribution >= 4 is 35.0 Å². The van der Waals surface area contributed by atoms with Crippen molar-refractivity contribution in [1.82, 2.24) is 10.2 Å². The van der Waals surface area contributed by atoms with Gasteiger partial charge in [-0.25, -0.2) is 0 Å². The van der Waals surface area contributed by atoms with E-state index in [1.807, 2.05) is 40.7 Å². The number of ether oxygens (including phenoxy) is 1. The molecule has 4 rings (SSSR count). The molecule has 2 bridgehead atoms. The lowest BCUT2D eigenvalue weighted by molar-refractivity contribution is -0.149. The number of benzene rings is 1. The van der Waals surface area contributed by atoms with Crippen molar-refractivity contribution in [3.8, 4) is 0 Å². The predicted molar refractivity (Wildman–Crippen MR) is 133 cm³/mol. The number of aliphatic hydroxyl groups is 1. The molecule has 0 aliphatic carbocycles. The standard InChI is InChI=1S/C26H36ClN3O5/c1-6-12-28-22(32)18-19-24(34)30(17(13-31)14(2)3)21(26(19)11-10-25(18,5)35-26)23(33)29-20-15(4)8-7-9-16(20)27/h7-9,14,17-19,21,31H,6,10-13H2,1-5H3,(H,28,32)(H,29,33)/t17-,18+,19-,21?,25-,26?/m0/s1. The molecule has 0 radical (unpaired) electrons. The molecule has 3 heterocycles. The molecule has 35 heavy (non-hydrogen) atoms. The molecule has 2 unspecified atom stereocenters. The normalized spacial score (nSPS) is 32.2. The topological polar surface area (TPSA) is 108 Å². The van der Waals surface area contributed by atoms with Gasteiger partial charge >= 0.3 is 0 Å². The second-order valence-electron chi connectivity index (χ2n) is 10.7. The van der Waals surface area contributed by atoms with Gasteiger partial charge in [-0.3, -0.25) is 14.4 Å². The molecule has 3 saturated heterocycles. The highest BCUT2D eigenvalue weighted by molar-refractivity contribution is 6.34. The summed E-state index contributed by atoms with van der Waals surface area (Å²) >= 11 is 6.39. The fraction of sp³-hybridized carbons (Fsp3) is 0.654. The Morgan fingerprint density at radius 2 is 2.00 bits per heavy atom. The van der Waals surface area contributed by atoms with Crippen LogP contribution in [0.5, 0.6) is 0 Å². The van der Waals surface area contributed by atoms with Gasteiger partial charge in [-0.1, -0.05) is 44.5 Å². The number of hydrogen-bond acceptors (Lipinski definition) is 5. The Hall–Kier alpha value is -2.16. The van der Waals surface area contributed by atoms with Crippen molar-refractivity contribution in [2.24, 2.45) is 17.8 Å². The first kappa shape index (κ1) is 25.9. The number of hydrogen-bond donors (Lipinski definition) is 3. The second kappa shape index (κ2) is 9.37. The highest BCUT2D eigenvalue weighted by atomic mass is 35.5. The number of amides is 3. The summed E-state index contributed by atoms with van der Waals surface area (Å²) in [4.78, 5) is 42.8. The summed E-state index contributed by atoms with van der Waals surface area (Å²) in [6.07, 6.45) is 1.81. The first-order chi connectivity index (χ1) is 16.5. The van der Waals surface area contributed by atoms with Crippen LogP contribution in [0.3, 0.4) is 0 Å². The maximum absolute atomic E-state index is 14.1. The zero-order valence-corrected chi connectivity index (χ0v) is 21.8. The summed E-state index contributed by atoms with van der Waals surface area (Å²) in [5, 5.41) is 16.5. The van der Waals surface area contributed by atoms with Crippen LogP contribution in [0, 0.1) is 24.7 Å². The third-order valence-corrected chi connectivity index (χ3v) is 8.39. The number of aryl methyl sites for hydroxylation is 1. The number of aliphatic hydroxyl groups excluding tert-OH is 1. The minimum absolute atomic E-state index is 0.114. The Morgan fingerprint density at radius 3 is 2.60 bits per heavy atom. The molecular weight excluding hydrogens is 470 g/mol. The van der Waals surface area contributed by atoms with E-state index in [0.717, 1.165) is 12.0 Å². The lowest BCUT2D eigenvalue weighted by atomic mass is 9.66.